The second-order valence-corrected chi connectivity index (χ2v) is 7.89. The number of carbonyl (C=O) groups is 2. The summed E-state index contributed by atoms with van der Waals surface area (Å²) in [6.45, 7) is 16.0. The number of methoxy groups -OCH3 is 2. The first-order chi connectivity index (χ1) is 23.6. The molecule has 0 unspecified atom stereocenters. The molecule has 0 amide bonds. The zero-order valence-corrected chi connectivity index (χ0v) is 29.6. The zero-order valence-electron chi connectivity index (χ0n) is 29.6. The Morgan fingerprint density at radius 2 is 0.939 bits per heavy atom. The van der Waals surface area contributed by atoms with Crippen LogP contribution < -0.4 is 18.9 Å². The van der Waals surface area contributed by atoms with Crippen LogP contribution in [0, 0.1) is 20.2 Å². The average molecular weight is 683 g/mol. The molecular formula is C36H46N2O11. The van der Waals surface area contributed by atoms with Gasteiger partial charge < -0.3 is 24.1 Å². The molecule has 0 aliphatic rings. The molecule has 4 aromatic carbocycles. The Labute approximate surface area is 287 Å². The van der Waals surface area contributed by atoms with Crippen LogP contribution in [0.5, 0.6) is 34.5 Å². The molecule has 4 rings (SSSR count). The van der Waals surface area contributed by atoms with E-state index in [0.29, 0.717) is 40.6 Å². The molecule has 0 heterocycles. The summed E-state index contributed by atoms with van der Waals surface area (Å²) in [6, 6.07) is 20.3. The molecular weight excluding hydrogens is 636 g/mol. The van der Waals surface area contributed by atoms with Crippen molar-refractivity contribution in [2.75, 3.05) is 14.2 Å². The number of ether oxygens (including phenoxy) is 4. The monoisotopic (exact) mass is 682 g/mol. The van der Waals surface area contributed by atoms with E-state index in [2.05, 4.69) is 0 Å². The number of non-ortho nitro benzene ring substituents is 2. The molecule has 0 aliphatic heterocycles. The Morgan fingerprint density at radius 1 is 0.592 bits per heavy atom. The van der Waals surface area contributed by atoms with E-state index in [-0.39, 0.29) is 22.7 Å². The van der Waals surface area contributed by atoms with Crippen molar-refractivity contribution in [3.8, 4) is 34.5 Å². The number of aromatic carboxylic acids is 1. The Morgan fingerprint density at radius 3 is 1.27 bits per heavy atom. The zero-order chi connectivity index (χ0) is 37.9. The lowest BCUT2D eigenvalue weighted by atomic mass is 10.2. The van der Waals surface area contributed by atoms with E-state index in [1.807, 2.05) is 55.4 Å². The van der Waals surface area contributed by atoms with Crippen LogP contribution in [0.2, 0.25) is 0 Å². The van der Waals surface area contributed by atoms with Crippen molar-refractivity contribution in [3.63, 3.8) is 0 Å². The normalized spacial score (nSPS) is 8.78. The van der Waals surface area contributed by atoms with Gasteiger partial charge in [-0.2, -0.15) is 0 Å². The maximum Gasteiger partial charge on any atom is 0.339 e. The van der Waals surface area contributed by atoms with Crippen LogP contribution in [0.3, 0.4) is 0 Å². The molecule has 4 aromatic rings. The topological polar surface area (TPSA) is 178 Å². The fraction of sp³-hybridized carbons (Fsp3) is 0.278. The second kappa shape index (κ2) is 26.1. The van der Waals surface area contributed by atoms with Crippen LogP contribution in [0.25, 0.3) is 0 Å². The summed E-state index contributed by atoms with van der Waals surface area (Å²) in [5.74, 6) is 1.08. The van der Waals surface area contributed by atoms with E-state index in [4.69, 9.17) is 24.1 Å². The molecule has 13 heteroatoms. The van der Waals surface area contributed by atoms with Crippen molar-refractivity contribution >= 4 is 23.6 Å². The third-order valence-corrected chi connectivity index (χ3v) is 5.30. The molecule has 1 N–H and O–H groups in total. The number of carboxylic acids is 1. The minimum absolute atomic E-state index is 0.0133. The summed E-state index contributed by atoms with van der Waals surface area (Å²) in [4.78, 5) is 42.1. The van der Waals surface area contributed by atoms with Gasteiger partial charge in [0.2, 0.25) is 0 Å². The van der Waals surface area contributed by atoms with E-state index in [9.17, 15) is 29.8 Å². The third-order valence-electron chi connectivity index (χ3n) is 5.30. The molecule has 0 fully saturated rings. The van der Waals surface area contributed by atoms with Crippen LogP contribution in [0.1, 0.15) is 76.1 Å². The highest BCUT2D eigenvalue weighted by molar-refractivity contribution is 5.91. The molecule has 0 radical (unpaired) electrons. The van der Waals surface area contributed by atoms with E-state index in [0.717, 1.165) is 0 Å². The number of nitro benzene ring substituents is 2. The first-order valence-corrected chi connectivity index (χ1v) is 15.5. The average Bonchev–Trinajstić information content (AvgIpc) is 3.15. The smallest absolute Gasteiger partial charge is 0.339 e. The number of nitrogens with zero attached hydrogens (tertiary/aromatic N) is 2. The molecule has 0 saturated carbocycles. The van der Waals surface area contributed by atoms with Crippen LogP contribution in [-0.2, 0) is 0 Å². The first-order valence-electron chi connectivity index (χ1n) is 15.5. The van der Waals surface area contributed by atoms with Gasteiger partial charge in [0.15, 0.2) is 6.29 Å². The second-order valence-electron chi connectivity index (χ2n) is 7.89. The van der Waals surface area contributed by atoms with Gasteiger partial charge in [-0.15, -0.1) is 0 Å². The summed E-state index contributed by atoms with van der Waals surface area (Å²) < 4.78 is 20.9. The lowest BCUT2D eigenvalue weighted by Crippen LogP contribution is -2.00. The number of nitro groups is 2. The maximum absolute atomic E-state index is 11.1. The molecule has 0 bridgehead atoms. The molecule has 0 aliphatic carbocycles. The molecule has 0 atom stereocenters. The van der Waals surface area contributed by atoms with Gasteiger partial charge >= 0.3 is 5.97 Å². The van der Waals surface area contributed by atoms with Crippen LogP contribution >= 0.6 is 0 Å². The number of rotatable bonds is 10. The van der Waals surface area contributed by atoms with Gasteiger partial charge in [0, 0.05) is 24.3 Å². The highest BCUT2D eigenvalue weighted by atomic mass is 16.6. The highest BCUT2D eigenvalue weighted by Gasteiger charge is 2.13. The van der Waals surface area contributed by atoms with Crippen LogP contribution in [-0.4, -0.2) is 41.4 Å². The molecule has 0 spiro atoms. The summed E-state index contributed by atoms with van der Waals surface area (Å²) >= 11 is 0. The molecule has 49 heavy (non-hydrogen) atoms. The van der Waals surface area contributed by atoms with Gasteiger partial charge in [-0.1, -0.05) is 55.4 Å². The van der Waals surface area contributed by atoms with Crippen LogP contribution in [0.15, 0.2) is 84.9 Å². The fourth-order valence-corrected chi connectivity index (χ4v) is 3.33. The SMILES string of the molecule is CC.CC.CC.CC.COc1ccc(Oc2ccc([N+](=O)[O-])cc2)cc1C(=O)O.COc1ccc(Oc2ccc([N+](=O)[O-])cc2)cc1C=O. The van der Waals surface area contributed by atoms with Gasteiger partial charge in [-0.05, 0) is 60.7 Å². The lowest BCUT2D eigenvalue weighted by Gasteiger charge is -2.09. The number of hydrogen-bond acceptors (Lipinski definition) is 10. The minimum atomic E-state index is -1.14. The van der Waals surface area contributed by atoms with E-state index < -0.39 is 15.8 Å². The summed E-state index contributed by atoms with van der Waals surface area (Å²) in [7, 11) is 2.85. The van der Waals surface area contributed by atoms with E-state index in [1.54, 1.807) is 18.2 Å². The van der Waals surface area contributed by atoms with E-state index >= 15 is 0 Å². The van der Waals surface area contributed by atoms with Crippen molar-refractivity contribution in [3.05, 3.63) is 116 Å². The number of carboxylic acid groups (broad SMARTS) is 1. The van der Waals surface area contributed by atoms with Crippen molar-refractivity contribution < 1.29 is 43.5 Å². The Bertz CT molecular complexity index is 1560. The van der Waals surface area contributed by atoms with Gasteiger partial charge in [0.05, 0.1) is 29.6 Å². The number of aldehydes is 1. The van der Waals surface area contributed by atoms with Crippen molar-refractivity contribution in [2.24, 2.45) is 0 Å². The first kappa shape index (κ1) is 45.1. The number of benzene rings is 4. The maximum atomic E-state index is 11.1. The van der Waals surface area contributed by atoms with Gasteiger partial charge in [-0.25, -0.2) is 4.79 Å². The minimum Gasteiger partial charge on any atom is -0.496 e. The largest absolute Gasteiger partial charge is 0.496 e. The number of hydrogen-bond donors (Lipinski definition) is 1. The predicted molar refractivity (Wildman–Crippen MR) is 190 cm³/mol. The third kappa shape index (κ3) is 15.4. The van der Waals surface area contributed by atoms with Gasteiger partial charge in [-0.3, -0.25) is 25.0 Å². The van der Waals surface area contributed by atoms with Gasteiger partial charge in [0.25, 0.3) is 11.4 Å². The van der Waals surface area contributed by atoms with Gasteiger partial charge in [0.1, 0.15) is 40.1 Å². The number of carbonyl (C=O) groups excluding carboxylic acids is 1. The molecule has 266 valence electrons. The Kier molecular flexibility index (Phi) is 24.1. The molecule has 0 saturated heterocycles. The standard InChI is InChI=1S/C14H11NO6.C14H11NO5.4C2H6/c1-20-13-7-6-11(8-12(13)14(16)17)21-10-4-2-9(3-5-10)15(18)19;1-19-14-7-6-13(8-10(14)9-16)20-12-4-2-11(3-5-12)15(17)18;4*1-2/h2-8H,1H3,(H,16,17);2-9H,1H3;4*1-2H3. The van der Waals surface area contributed by atoms with Crippen molar-refractivity contribution in [1.29, 1.82) is 0 Å². The lowest BCUT2D eigenvalue weighted by molar-refractivity contribution is -0.385. The Balaban J connectivity index is 0. The molecule has 13 nitrogen and oxygen atoms in total. The van der Waals surface area contributed by atoms with Crippen molar-refractivity contribution in [1.82, 2.24) is 0 Å². The summed E-state index contributed by atoms with van der Waals surface area (Å²) in [5.41, 5.74) is 0.271. The summed E-state index contributed by atoms with van der Waals surface area (Å²) in [6.07, 6.45) is 0.668. The summed E-state index contributed by atoms with van der Waals surface area (Å²) in [5, 5.41) is 30.2. The fourth-order valence-electron chi connectivity index (χ4n) is 3.33. The highest BCUT2D eigenvalue weighted by Crippen LogP contribution is 2.29. The van der Waals surface area contributed by atoms with E-state index in [1.165, 1.54) is 80.9 Å². The van der Waals surface area contributed by atoms with Crippen LogP contribution in [0.4, 0.5) is 11.4 Å². The Hall–Kier alpha value is -5.98. The van der Waals surface area contributed by atoms with Crippen molar-refractivity contribution in [2.45, 2.75) is 55.4 Å². The quantitative estimate of drug-likeness (QED) is 0.0955. The molecule has 0 aromatic heterocycles. The predicted octanol–water partition coefficient (Wildman–Crippen LogP) is 10.4.